The van der Waals surface area contributed by atoms with Crippen molar-refractivity contribution in [3.63, 3.8) is 0 Å². The van der Waals surface area contributed by atoms with E-state index in [2.05, 4.69) is 46.4 Å². The topological polar surface area (TPSA) is 72.4 Å². The van der Waals surface area contributed by atoms with Gasteiger partial charge in [0.1, 0.15) is 0 Å². The summed E-state index contributed by atoms with van der Waals surface area (Å²) in [6.07, 6.45) is 2.27. The average molecular weight is 531 g/mol. The molecule has 7 nitrogen and oxygen atoms in total. The van der Waals surface area contributed by atoms with Crippen LogP contribution in [0.4, 0.5) is 0 Å². The summed E-state index contributed by atoms with van der Waals surface area (Å²) in [5.41, 5.74) is 2.36. The third-order valence-corrected chi connectivity index (χ3v) is 5.76. The lowest BCUT2D eigenvalue weighted by atomic mass is 9.99. The summed E-state index contributed by atoms with van der Waals surface area (Å²) in [5, 5.41) is 3.41. The average Bonchev–Trinajstić information content (AvgIpc) is 3.15. The van der Waals surface area contributed by atoms with E-state index in [4.69, 9.17) is 14.2 Å². The number of nitrogens with zero attached hydrogens (tertiary/aromatic N) is 2. The highest BCUT2D eigenvalue weighted by Gasteiger charge is 2.36. The zero-order chi connectivity index (χ0) is 20.6. The minimum Gasteiger partial charge on any atom is -0.469 e. The van der Waals surface area contributed by atoms with Crippen molar-refractivity contribution in [2.75, 3.05) is 40.5 Å². The lowest BCUT2D eigenvalue weighted by molar-refractivity contribution is -0.145. The largest absolute Gasteiger partial charge is 0.469 e. The Balaban J connectivity index is 0.00000320. The van der Waals surface area contributed by atoms with E-state index in [0.29, 0.717) is 25.8 Å². The van der Waals surface area contributed by atoms with Crippen LogP contribution >= 0.6 is 24.0 Å². The molecule has 0 bridgehead atoms. The molecule has 0 saturated carbocycles. The van der Waals surface area contributed by atoms with E-state index in [0.717, 1.165) is 38.6 Å². The fourth-order valence-electron chi connectivity index (χ4n) is 3.92. The highest BCUT2D eigenvalue weighted by atomic mass is 127. The normalized spacial score (nSPS) is 22.5. The van der Waals surface area contributed by atoms with Gasteiger partial charge in [-0.1, -0.05) is 31.2 Å². The molecule has 0 spiro atoms. The monoisotopic (exact) mass is 531 g/mol. The van der Waals surface area contributed by atoms with Crippen LogP contribution in [0.5, 0.6) is 0 Å². The number of guanidine groups is 1. The van der Waals surface area contributed by atoms with Gasteiger partial charge in [-0.25, -0.2) is 0 Å². The maximum atomic E-state index is 11.9. The predicted octanol–water partition coefficient (Wildman–Crippen LogP) is 2.82. The van der Waals surface area contributed by atoms with Crippen molar-refractivity contribution in [1.82, 2.24) is 10.2 Å². The van der Waals surface area contributed by atoms with Crippen molar-refractivity contribution in [1.29, 1.82) is 0 Å². The number of rotatable bonds is 6. The molecule has 0 aliphatic carbocycles. The van der Waals surface area contributed by atoms with Crippen LogP contribution in [-0.4, -0.2) is 63.4 Å². The third-order valence-electron chi connectivity index (χ3n) is 5.76. The van der Waals surface area contributed by atoms with Crippen molar-refractivity contribution in [2.45, 2.75) is 39.0 Å². The number of esters is 1. The van der Waals surface area contributed by atoms with Gasteiger partial charge in [0.05, 0.1) is 25.7 Å². The van der Waals surface area contributed by atoms with Gasteiger partial charge >= 0.3 is 5.97 Å². The lowest BCUT2D eigenvalue weighted by Crippen LogP contribution is -2.40. The van der Waals surface area contributed by atoms with Gasteiger partial charge in [-0.15, -0.1) is 24.0 Å². The smallest absolute Gasteiger partial charge is 0.310 e. The molecule has 30 heavy (non-hydrogen) atoms. The SMILES string of the molecule is CN=C(NCc1ccc(COC2CCOCC2)cc1)N1CC(C)C(C(=O)OC)C1.I. The van der Waals surface area contributed by atoms with E-state index in [1.54, 1.807) is 7.05 Å². The van der Waals surface area contributed by atoms with E-state index in [-0.39, 0.29) is 41.8 Å². The van der Waals surface area contributed by atoms with Crippen LogP contribution in [0.1, 0.15) is 30.9 Å². The number of carbonyl (C=O) groups excluding carboxylic acids is 1. The summed E-state index contributed by atoms with van der Waals surface area (Å²) in [4.78, 5) is 18.4. The van der Waals surface area contributed by atoms with Crippen LogP contribution in [-0.2, 0) is 32.2 Å². The molecule has 0 amide bonds. The van der Waals surface area contributed by atoms with Gasteiger partial charge in [0.2, 0.25) is 0 Å². The number of hydrogen-bond acceptors (Lipinski definition) is 5. The second-order valence-corrected chi connectivity index (χ2v) is 7.85. The van der Waals surface area contributed by atoms with Crippen LogP contribution < -0.4 is 5.32 Å². The van der Waals surface area contributed by atoms with Crippen LogP contribution in [0.3, 0.4) is 0 Å². The van der Waals surface area contributed by atoms with Crippen molar-refractivity contribution in [3.05, 3.63) is 35.4 Å². The van der Waals surface area contributed by atoms with E-state index < -0.39 is 0 Å². The number of likely N-dealkylation sites (tertiary alicyclic amines) is 1. The molecule has 2 fully saturated rings. The number of methoxy groups -OCH3 is 1. The number of aliphatic imine (C=N–C) groups is 1. The predicted molar refractivity (Wildman–Crippen MR) is 127 cm³/mol. The number of ether oxygens (including phenoxy) is 3. The van der Waals surface area contributed by atoms with Crippen molar-refractivity contribution in [3.8, 4) is 0 Å². The molecule has 1 aromatic carbocycles. The van der Waals surface area contributed by atoms with E-state index in [1.165, 1.54) is 18.2 Å². The van der Waals surface area contributed by atoms with E-state index in [9.17, 15) is 4.79 Å². The second kappa shape index (κ2) is 12.5. The molecule has 2 heterocycles. The third kappa shape index (κ3) is 6.81. The first-order valence-electron chi connectivity index (χ1n) is 10.4. The van der Waals surface area contributed by atoms with E-state index in [1.807, 2.05) is 0 Å². The Kier molecular flexibility index (Phi) is 10.3. The first-order chi connectivity index (χ1) is 14.1. The Morgan fingerprint density at radius 1 is 1.20 bits per heavy atom. The summed E-state index contributed by atoms with van der Waals surface area (Å²) in [6.45, 7) is 6.43. The summed E-state index contributed by atoms with van der Waals surface area (Å²) >= 11 is 0. The Morgan fingerprint density at radius 2 is 1.87 bits per heavy atom. The quantitative estimate of drug-likeness (QED) is 0.264. The summed E-state index contributed by atoms with van der Waals surface area (Å²) in [5.74, 6) is 0.814. The molecule has 8 heteroatoms. The zero-order valence-electron chi connectivity index (χ0n) is 18.1. The maximum absolute atomic E-state index is 11.9. The Labute approximate surface area is 196 Å². The van der Waals surface area contributed by atoms with Crippen LogP contribution in [0, 0.1) is 11.8 Å². The van der Waals surface area contributed by atoms with Crippen LogP contribution in [0.25, 0.3) is 0 Å². The van der Waals surface area contributed by atoms with Gasteiger partial charge in [-0.05, 0) is 29.9 Å². The molecular formula is C22H34IN3O4. The molecule has 3 rings (SSSR count). The molecular weight excluding hydrogens is 497 g/mol. The van der Waals surface area contributed by atoms with Crippen LogP contribution in [0.15, 0.2) is 29.3 Å². The van der Waals surface area contributed by atoms with Crippen molar-refractivity contribution < 1.29 is 19.0 Å². The number of halogens is 1. The fraction of sp³-hybridized carbons (Fsp3) is 0.636. The number of nitrogens with one attached hydrogen (secondary N) is 1. The number of carbonyl (C=O) groups is 1. The molecule has 2 unspecified atom stereocenters. The molecule has 0 radical (unpaired) electrons. The van der Waals surface area contributed by atoms with Gasteiger partial charge < -0.3 is 24.4 Å². The van der Waals surface area contributed by atoms with Gasteiger partial charge in [0.15, 0.2) is 5.96 Å². The summed E-state index contributed by atoms with van der Waals surface area (Å²) in [6, 6.07) is 8.47. The highest BCUT2D eigenvalue weighted by molar-refractivity contribution is 14.0. The van der Waals surface area contributed by atoms with Crippen molar-refractivity contribution in [2.24, 2.45) is 16.8 Å². The first-order valence-corrected chi connectivity index (χ1v) is 10.4. The van der Waals surface area contributed by atoms with Gasteiger partial charge in [0.25, 0.3) is 0 Å². The lowest BCUT2D eigenvalue weighted by Gasteiger charge is -2.22. The van der Waals surface area contributed by atoms with Gasteiger partial charge in [-0.3, -0.25) is 9.79 Å². The Hall–Kier alpha value is -1.39. The fourth-order valence-corrected chi connectivity index (χ4v) is 3.92. The molecule has 2 aliphatic rings. The second-order valence-electron chi connectivity index (χ2n) is 7.85. The molecule has 1 N–H and O–H groups in total. The number of hydrogen-bond donors (Lipinski definition) is 1. The van der Waals surface area contributed by atoms with Crippen molar-refractivity contribution >= 4 is 35.9 Å². The zero-order valence-corrected chi connectivity index (χ0v) is 20.5. The summed E-state index contributed by atoms with van der Waals surface area (Å²) in [7, 11) is 3.22. The molecule has 1 aromatic rings. The standard InChI is InChI=1S/C22H33N3O4.HI/c1-16-13-25(14-20(16)21(26)27-3)22(23-2)24-12-17-4-6-18(7-5-17)15-29-19-8-10-28-11-9-19;/h4-7,16,19-20H,8-15H2,1-3H3,(H,23,24);1H. The maximum Gasteiger partial charge on any atom is 0.310 e. The first kappa shape index (κ1) is 24.9. The van der Waals surface area contributed by atoms with Gasteiger partial charge in [0, 0.05) is 39.9 Å². The minimum absolute atomic E-state index is 0. The Bertz CT molecular complexity index is 692. The van der Waals surface area contributed by atoms with Crippen LogP contribution in [0.2, 0.25) is 0 Å². The molecule has 168 valence electrons. The van der Waals surface area contributed by atoms with Gasteiger partial charge in [-0.2, -0.15) is 0 Å². The Morgan fingerprint density at radius 3 is 2.50 bits per heavy atom. The summed E-state index contributed by atoms with van der Waals surface area (Å²) < 4.78 is 16.3. The minimum atomic E-state index is -0.144. The molecule has 2 aliphatic heterocycles. The van der Waals surface area contributed by atoms with E-state index >= 15 is 0 Å². The number of benzene rings is 1. The molecule has 0 aromatic heterocycles. The molecule has 2 saturated heterocycles. The molecule has 2 atom stereocenters. The highest BCUT2D eigenvalue weighted by Crippen LogP contribution is 2.24.